The fraction of sp³-hybridized carbons (Fsp3) is 0.389. The predicted molar refractivity (Wildman–Crippen MR) is 182 cm³/mol. The van der Waals surface area contributed by atoms with Gasteiger partial charge in [-0.1, -0.05) is 11.6 Å². The molecule has 0 aliphatic heterocycles. The Labute approximate surface area is 270 Å². The largest absolute Gasteiger partial charge is 0.507 e. The molecule has 4 N–H and O–H groups in total. The van der Waals surface area contributed by atoms with Crippen LogP contribution in [0.4, 0.5) is 0 Å². The number of aliphatic hydroxyl groups is 1. The average Bonchev–Trinajstić information content (AvgIpc) is 3.20. The highest BCUT2D eigenvalue weighted by Crippen LogP contribution is 2.55. The summed E-state index contributed by atoms with van der Waals surface area (Å²) in [5.41, 5.74) is 2.18. The average molecular weight is 646 g/mol. The third kappa shape index (κ3) is 5.33. The number of aromatic hydroxyl groups is 2. The van der Waals surface area contributed by atoms with E-state index in [2.05, 4.69) is 5.32 Å². The molecular formula is C36H39NO10. The van der Waals surface area contributed by atoms with E-state index in [0.29, 0.717) is 95.6 Å². The molecule has 0 radical (unpaired) electrons. The molecule has 248 valence electrons. The molecule has 0 amide bonds. The number of rotatable bonds is 15. The maximum Gasteiger partial charge on any atom is 0.194 e. The van der Waals surface area contributed by atoms with Crippen LogP contribution in [0.1, 0.15) is 30.0 Å². The molecular weight excluding hydrogens is 606 g/mol. The van der Waals surface area contributed by atoms with Crippen molar-refractivity contribution < 1.29 is 39.0 Å². The molecule has 0 unspecified atom stereocenters. The molecule has 0 aromatic heterocycles. The lowest BCUT2D eigenvalue weighted by atomic mass is 9.82. The Kier molecular flexibility index (Phi) is 9.25. The summed E-state index contributed by atoms with van der Waals surface area (Å²) in [7, 11) is 4.39. The number of allylic oxidation sites excluding steroid dienone is 1. The van der Waals surface area contributed by atoms with Crippen LogP contribution in [0.25, 0.3) is 49.2 Å². The smallest absolute Gasteiger partial charge is 0.194 e. The number of nitrogens with one attached hydrogen (secondary N) is 1. The molecule has 0 spiro atoms. The molecule has 47 heavy (non-hydrogen) atoms. The van der Waals surface area contributed by atoms with Crippen LogP contribution < -0.4 is 30.4 Å². The van der Waals surface area contributed by atoms with Gasteiger partial charge in [0.2, 0.25) is 0 Å². The van der Waals surface area contributed by atoms with E-state index < -0.39 is 10.9 Å². The summed E-state index contributed by atoms with van der Waals surface area (Å²) in [6.45, 7) is 4.86. The molecule has 0 atom stereocenters. The zero-order valence-electron chi connectivity index (χ0n) is 27.0. The van der Waals surface area contributed by atoms with Crippen LogP contribution in [0.3, 0.4) is 0 Å². The molecule has 6 rings (SSSR count). The lowest BCUT2D eigenvalue weighted by Crippen LogP contribution is -2.22. The maximum atomic E-state index is 13.8. The van der Waals surface area contributed by atoms with Crippen molar-refractivity contribution in [1.29, 1.82) is 0 Å². The number of methoxy groups -OCH3 is 3. The van der Waals surface area contributed by atoms with Gasteiger partial charge in [0.05, 0.1) is 65.1 Å². The fourth-order valence-electron chi connectivity index (χ4n) is 7.10. The zero-order chi connectivity index (χ0) is 33.4. The number of phenols is 2. The summed E-state index contributed by atoms with van der Waals surface area (Å²) >= 11 is 0. The van der Waals surface area contributed by atoms with Gasteiger partial charge < -0.3 is 44.3 Å². The lowest BCUT2D eigenvalue weighted by Gasteiger charge is -2.24. The standard InChI is InChI=1S/C36H39NO10/c1-18-14-20-19(6-5-7-37-8-10-46-12-13-47-11-9-38)34(41)28-22(39)16-24(43-2)30-31-25(44-3)17-23(40)29-33(31)27(26(20)32(28)30)21(15-18)36(45-4)35(29)42/h14,16-17,37-38,41-42H,5-13,15H2,1-4H3. The van der Waals surface area contributed by atoms with Gasteiger partial charge in [-0.05, 0) is 49.1 Å². The van der Waals surface area contributed by atoms with Gasteiger partial charge in [-0.3, -0.25) is 9.59 Å². The van der Waals surface area contributed by atoms with Crippen molar-refractivity contribution in [3.63, 3.8) is 0 Å². The number of phenolic OH excluding ortho intramolecular Hbond substituents is 2. The molecule has 11 nitrogen and oxygen atoms in total. The van der Waals surface area contributed by atoms with Crippen LogP contribution in [-0.4, -0.2) is 82.8 Å². The Morgan fingerprint density at radius 2 is 1.34 bits per heavy atom. The van der Waals surface area contributed by atoms with Gasteiger partial charge in [-0.2, -0.15) is 0 Å². The van der Waals surface area contributed by atoms with Gasteiger partial charge in [0.1, 0.15) is 17.2 Å². The van der Waals surface area contributed by atoms with Crippen molar-refractivity contribution in [3.05, 3.63) is 54.8 Å². The van der Waals surface area contributed by atoms with Crippen LogP contribution in [0.15, 0.2) is 27.3 Å². The van der Waals surface area contributed by atoms with Crippen molar-refractivity contribution in [1.82, 2.24) is 5.32 Å². The van der Waals surface area contributed by atoms with E-state index in [0.717, 1.165) is 11.1 Å². The highest BCUT2D eigenvalue weighted by atomic mass is 16.5. The second kappa shape index (κ2) is 13.4. The third-order valence-electron chi connectivity index (χ3n) is 8.96. The highest BCUT2D eigenvalue weighted by molar-refractivity contribution is 6.39. The minimum atomic E-state index is -0.430. The van der Waals surface area contributed by atoms with E-state index in [1.54, 1.807) is 0 Å². The number of benzene rings is 5. The number of fused-ring (bicyclic) bond motifs is 1. The van der Waals surface area contributed by atoms with Crippen LogP contribution in [0.2, 0.25) is 0 Å². The van der Waals surface area contributed by atoms with Crippen LogP contribution in [0, 0.1) is 0 Å². The first-order chi connectivity index (χ1) is 22.8. The molecule has 0 bridgehead atoms. The SMILES string of the molecule is COc1c(O)c2c(=O)cc(OC)c3c4c(OC)cc(=O)c5c(O)c(CCCNCCOCCOCCO)c6c(c(c1CC(C)=C6)c23)c54. The van der Waals surface area contributed by atoms with Crippen LogP contribution in [0.5, 0.6) is 28.7 Å². The molecule has 0 saturated carbocycles. The molecule has 5 aromatic rings. The predicted octanol–water partition coefficient (Wildman–Crippen LogP) is 3.84. The maximum absolute atomic E-state index is 13.8. The topological polar surface area (TPSA) is 153 Å². The molecule has 0 heterocycles. The monoisotopic (exact) mass is 645 g/mol. The zero-order valence-corrected chi connectivity index (χ0v) is 27.0. The molecule has 11 heteroatoms. The summed E-state index contributed by atoms with van der Waals surface area (Å²) in [5.74, 6) is 0.400. The van der Waals surface area contributed by atoms with Crippen LogP contribution >= 0.6 is 0 Å². The minimum absolute atomic E-state index is 0.0177. The fourth-order valence-corrected chi connectivity index (χ4v) is 7.10. The van der Waals surface area contributed by atoms with Crippen molar-refractivity contribution in [2.24, 2.45) is 0 Å². The Bertz CT molecular complexity index is 2120. The second-order valence-corrected chi connectivity index (χ2v) is 11.7. The van der Waals surface area contributed by atoms with Crippen molar-refractivity contribution in [2.45, 2.75) is 26.2 Å². The number of aliphatic hydroxyl groups excluding tert-OH is 1. The normalized spacial score (nSPS) is 12.9. The lowest BCUT2D eigenvalue weighted by molar-refractivity contribution is 0.0340. The van der Waals surface area contributed by atoms with E-state index in [1.165, 1.54) is 33.5 Å². The van der Waals surface area contributed by atoms with Crippen molar-refractivity contribution >= 4 is 49.2 Å². The van der Waals surface area contributed by atoms with Gasteiger partial charge in [0, 0.05) is 51.3 Å². The molecule has 1 aliphatic rings. The van der Waals surface area contributed by atoms with Gasteiger partial charge in [-0.25, -0.2) is 0 Å². The summed E-state index contributed by atoms with van der Waals surface area (Å²) < 4.78 is 28.0. The van der Waals surface area contributed by atoms with Crippen molar-refractivity contribution in [2.75, 3.05) is 67.5 Å². The Morgan fingerprint density at radius 1 is 0.723 bits per heavy atom. The van der Waals surface area contributed by atoms with Gasteiger partial charge in [0.25, 0.3) is 0 Å². The first-order valence-electron chi connectivity index (χ1n) is 15.7. The van der Waals surface area contributed by atoms with Gasteiger partial charge in [0.15, 0.2) is 22.4 Å². The molecule has 0 fully saturated rings. The van der Waals surface area contributed by atoms with E-state index in [4.69, 9.17) is 28.8 Å². The third-order valence-corrected chi connectivity index (χ3v) is 8.96. The molecule has 5 aromatic carbocycles. The minimum Gasteiger partial charge on any atom is -0.507 e. The molecule has 1 aliphatic carbocycles. The van der Waals surface area contributed by atoms with Gasteiger partial charge >= 0.3 is 0 Å². The van der Waals surface area contributed by atoms with E-state index >= 15 is 0 Å². The van der Waals surface area contributed by atoms with Gasteiger partial charge in [-0.15, -0.1) is 0 Å². The number of hydrogen-bond donors (Lipinski definition) is 4. The summed E-state index contributed by atoms with van der Waals surface area (Å²) in [4.78, 5) is 27.4. The van der Waals surface area contributed by atoms with E-state index in [9.17, 15) is 19.8 Å². The summed E-state index contributed by atoms with van der Waals surface area (Å²) in [5, 5.41) is 39.2. The number of hydrogen-bond acceptors (Lipinski definition) is 11. The second-order valence-electron chi connectivity index (χ2n) is 11.7. The summed E-state index contributed by atoms with van der Waals surface area (Å²) in [6.07, 6.45) is 3.54. The van der Waals surface area contributed by atoms with Crippen molar-refractivity contribution in [3.8, 4) is 28.7 Å². The summed E-state index contributed by atoms with van der Waals surface area (Å²) in [6, 6.07) is 2.68. The quantitative estimate of drug-likeness (QED) is 0.0746. The Balaban J connectivity index is 1.56. The van der Waals surface area contributed by atoms with E-state index in [1.807, 2.05) is 13.0 Å². The van der Waals surface area contributed by atoms with E-state index in [-0.39, 0.29) is 52.7 Å². The Hall–Kier alpha value is -4.42. The first-order valence-corrected chi connectivity index (χ1v) is 15.7. The molecule has 0 saturated heterocycles. The first kappa shape index (κ1) is 32.5. The number of ether oxygens (including phenoxy) is 5. The Morgan fingerprint density at radius 3 is 1.96 bits per heavy atom. The van der Waals surface area contributed by atoms with Crippen LogP contribution in [-0.2, 0) is 22.3 Å². The highest BCUT2D eigenvalue weighted by Gasteiger charge is 2.32.